The molecule has 0 saturated carbocycles. The van der Waals surface area contributed by atoms with Crippen LogP contribution in [-0.2, 0) is 27.2 Å². The Kier molecular flexibility index (Phi) is 11.3. The summed E-state index contributed by atoms with van der Waals surface area (Å²) < 4.78 is 1.07. The molecule has 0 spiro atoms. The molecule has 2 aromatic carbocycles. The maximum absolute atomic E-state index is 13.7. The predicted octanol–water partition coefficient (Wildman–Crippen LogP) is 4.35. The van der Waals surface area contributed by atoms with E-state index in [2.05, 4.69) is 53.4 Å². The molecule has 42 heavy (non-hydrogen) atoms. The minimum atomic E-state index is -0.790. The number of amides is 3. The molecule has 1 fully saturated rings. The first-order valence-electron chi connectivity index (χ1n) is 14.9. The second-order valence-corrected chi connectivity index (χ2v) is 12.5. The fourth-order valence-corrected chi connectivity index (χ4v) is 6.17. The molecule has 2 atom stereocenters. The first-order chi connectivity index (χ1) is 20.2. The van der Waals surface area contributed by atoms with Crippen LogP contribution in [-0.4, -0.2) is 65.9 Å². The molecular weight excluding hydrogens is 546 g/mol. The highest BCUT2D eigenvalue weighted by atomic mass is 32.1. The fourth-order valence-electron chi connectivity index (χ4n) is 5.11. The third-order valence-electron chi connectivity index (χ3n) is 7.59. The highest BCUT2D eigenvalue weighted by molar-refractivity contribution is 7.18. The molecule has 1 aromatic heterocycles. The van der Waals surface area contributed by atoms with E-state index < -0.39 is 6.04 Å². The van der Waals surface area contributed by atoms with E-state index in [1.165, 1.54) is 5.56 Å². The standard InChI is InChI=1S/C33H43N5O3S/c1-5-30(39)36-28(19-31-37-27-14-13-25(22(2)3)18-29(27)42-31)33(41)35-26(17-24-11-7-6-8-12-24)20-34-32(40)23(4)21-38-15-9-10-16-38/h6-8,11-14,18,22,26,28H,4-5,9-10,15-17,19-21H2,1-3H3,(H,34,40)(H,35,41)(H,36,39)/t26?,28-/m0/s1. The van der Waals surface area contributed by atoms with Gasteiger partial charge in [0.1, 0.15) is 6.04 Å². The number of nitrogens with zero attached hydrogens (tertiary/aromatic N) is 2. The molecule has 3 N–H and O–H groups in total. The van der Waals surface area contributed by atoms with Gasteiger partial charge in [0, 0.05) is 31.5 Å². The zero-order valence-electron chi connectivity index (χ0n) is 24.9. The summed E-state index contributed by atoms with van der Waals surface area (Å²) in [6.45, 7) is 12.8. The van der Waals surface area contributed by atoms with Crippen LogP contribution in [0.3, 0.4) is 0 Å². The van der Waals surface area contributed by atoms with E-state index in [-0.39, 0.29) is 43.1 Å². The number of likely N-dealkylation sites (tertiary alicyclic amines) is 1. The molecule has 1 aliphatic heterocycles. The molecule has 1 unspecified atom stereocenters. The zero-order valence-corrected chi connectivity index (χ0v) is 25.8. The Balaban J connectivity index is 1.46. The average Bonchev–Trinajstić information content (AvgIpc) is 3.64. The third kappa shape index (κ3) is 8.97. The Hall–Kier alpha value is -3.56. The van der Waals surface area contributed by atoms with Crippen LogP contribution in [0.2, 0.25) is 0 Å². The van der Waals surface area contributed by atoms with Crippen molar-refractivity contribution < 1.29 is 14.4 Å². The Morgan fingerprint density at radius 3 is 2.45 bits per heavy atom. The molecule has 1 aliphatic rings. The van der Waals surface area contributed by atoms with Crippen molar-refractivity contribution in [2.75, 3.05) is 26.2 Å². The van der Waals surface area contributed by atoms with E-state index in [9.17, 15) is 14.4 Å². The lowest BCUT2D eigenvalue weighted by molar-refractivity contribution is -0.129. The van der Waals surface area contributed by atoms with Crippen molar-refractivity contribution in [3.8, 4) is 0 Å². The van der Waals surface area contributed by atoms with Crippen LogP contribution in [0, 0.1) is 0 Å². The van der Waals surface area contributed by atoms with Gasteiger partial charge in [0.15, 0.2) is 0 Å². The van der Waals surface area contributed by atoms with Crippen molar-refractivity contribution in [1.82, 2.24) is 25.8 Å². The summed E-state index contributed by atoms with van der Waals surface area (Å²) in [7, 11) is 0. The number of aromatic nitrogens is 1. The van der Waals surface area contributed by atoms with Crippen molar-refractivity contribution in [3.05, 3.63) is 76.8 Å². The number of hydrogen-bond donors (Lipinski definition) is 3. The van der Waals surface area contributed by atoms with E-state index in [0.29, 0.717) is 24.5 Å². The third-order valence-corrected chi connectivity index (χ3v) is 8.63. The SMILES string of the molecule is C=C(CN1CCCC1)C(=O)NCC(Cc1ccccc1)NC(=O)[C@H](Cc1nc2ccc(C(C)C)cc2s1)NC(=O)CC. The summed E-state index contributed by atoms with van der Waals surface area (Å²) in [5.74, 6) is -0.309. The van der Waals surface area contributed by atoms with Gasteiger partial charge in [-0.05, 0) is 61.5 Å². The van der Waals surface area contributed by atoms with Crippen molar-refractivity contribution in [2.45, 2.75) is 70.9 Å². The van der Waals surface area contributed by atoms with E-state index in [1.807, 2.05) is 36.4 Å². The second kappa shape index (κ2) is 15.1. The first kappa shape index (κ1) is 31.4. The number of thiazole rings is 1. The number of rotatable bonds is 14. The van der Waals surface area contributed by atoms with Gasteiger partial charge in [0.25, 0.3) is 0 Å². The van der Waals surface area contributed by atoms with Gasteiger partial charge in [0.05, 0.1) is 21.3 Å². The number of nitrogens with one attached hydrogen (secondary N) is 3. The minimum absolute atomic E-state index is 0.204. The maximum atomic E-state index is 13.7. The average molecular weight is 590 g/mol. The summed E-state index contributed by atoms with van der Waals surface area (Å²) >= 11 is 1.55. The molecule has 224 valence electrons. The van der Waals surface area contributed by atoms with Crippen molar-refractivity contribution >= 4 is 39.3 Å². The number of benzene rings is 2. The van der Waals surface area contributed by atoms with Gasteiger partial charge in [-0.1, -0.05) is 63.7 Å². The van der Waals surface area contributed by atoms with Crippen molar-refractivity contribution in [2.24, 2.45) is 0 Å². The minimum Gasteiger partial charge on any atom is -0.350 e. The van der Waals surface area contributed by atoms with Crippen LogP contribution < -0.4 is 16.0 Å². The van der Waals surface area contributed by atoms with Gasteiger partial charge < -0.3 is 16.0 Å². The molecule has 3 aromatic rings. The van der Waals surface area contributed by atoms with Crippen molar-refractivity contribution in [3.63, 3.8) is 0 Å². The lowest BCUT2D eigenvalue weighted by atomic mass is 10.0. The highest BCUT2D eigenvalue weighted by Gasteiger charge is 2.26. The number of fused-ring (bicyclic) bond motifs is 1. The monoisotopic (exact) mass is 589 g/mol. The summed E-state index contributed by atoms with van der Waals surface area (Å²) in [6, 6.07) is 14.9. The van der Waals surface area contributed by atoms with Gasteiger partial charge in [-0.15, -0.1) is 11.3 Å². The van der Waals surface area contributed by atoms with Gasteiger partial charge in [-0.25, -0.2) is 4.98 Å². The summed E-state index contributed by atoms with van der Waals surface area (Å²) in [5, 5.41) is 9.76. The molecule has 0 bridgehead atoms. The molecule has 4 rings (SSSR count). The number of carbonyl (C=O) groups excluding carboxylic acids is 3. The number of carbonyl (C=O) groups is 3. The van der Waals surface area contributed by atoms with E-state index in [4.69, 9.17) is 4.98 Å². The van der Waals surface area contributed by atoms with Crippen LogP contribution >= 0.6 is 11.3 Å². The Labute approximate surface area is 253 Å². The largest absolute Gasteiger partial charge is 0.350 e. The summed E-state index contributed by atoms with van der Waals surface area (Å²) in [5.41, 5.74) is 3.68. The van der Waals surface area contributed by atoms with Gasteiger partial charge in [-0.3, -0.25) is 19.3 Å². The lowest BCUT2D eigenvalue weighted by Crippen LogP contribution is -2.53. The Morgan fingerprint density at radius 2 is 1.76 bits per heavy atom. The normalized spacial score (nSPS) is 15.0. The molecule has 8 nitrogen and oxygen atoms in total. The smallest absolute Gasteiger partial charge is 0.247 e. The van der Waals surface area contributed by atoms with E-state index >= 15 is 0 Å². The van der Waals surface area contributed by atoms with Crippen LogP contribution in [0.4, 0.5) is 0 Å². The molecule has 0 radical (unpaired) electrons. The molecule has 0 aliphatic carbocycles. The van der Waals surface area contributed by atoms with Crippen LogP contribution in [0.15, 0.2) is 60.7 Å². The van der Waals surface area contributed by atoms with Crippen LogP contribution in [0.25, 0.3) is 10.2 Å². The quantitative estimate of drug-likeness (QED) is 0.243. The van der Waals surface area contributed by atoms with Crippen LogP contribution in [0.5, 0.6) is 0 Å². The van der Waals surface area contributed by atoms with Crippen LogP contribution in [0.1, 0.15) is 62.1 Å². The summed E-state index contributed by atoms with van der Waals surface area (Å²) in [4.78, 5) is 46.0. The van der Waals surface area contributed by atoms with Crippen molar-refractivity contribution in [1.29, 1.82) is 0 Å². The molecular formula is C33H43N5O3S. The Morgan fingerprint density at radius 1 is 1.02 bits per heavy atom. The zero-order chi connectivity index (χ0) is 30.1. The second-order valence-electron chi connectivity index (χ2n) is 11.4. The first-order valence-corrected chi connectivity index (χ1v) is 15.7. The molecule has 9 heteroatoms. The van der Waals surface area contributed by atoms with E-state index in [0.717, 1.165) is 46.7 Å². The van der Waals surface area contributed by atoms with Gasteiger partial charge in [0.2, 0.25) is 17.7 Å². The molecule has 1 saturated heterocycles. The molecule has 2 heterocycles. The Bertz CT molecular complexity index is 1380. The van der Waals surface area contributed by atoms with Gasteiger partial charge >= 0.3 is 0 Å². The topological polar surface area (TPSA) is 103 Å². The number of hydrogen-bond acceptors (Lipinski definition) is 6. The molecule has 3 amide bonds. The lowest BCUT2D eigenvalue weighted by Gasteiger charge is -2.24. The maximum Gasteiger partial charge on any atom is 0.247 e. The van der Waals surface area contributed by atoms with Gasteiger partial charge in [-0.2, -0.15) is 0 Å². The summed E-state index contributed by atoms with van der Waals surface area (Å²) in [6.07, 6.45) is 3.37. The van der Waals surface area contributed by atoms with E-state index in [1.54, 1.807) is 18.3 Å². The predicted molar refractivity (Wildman–Crippen MR) is 170 cm³/mol. The highest BCUT2D eigenvalue weighted by Crippen LogP contribution is 2.27. The fraction of sp³-hybridized carbons (Fsp3) is 0.455.